The molecule has 0 aliphatic carbocycles. The number of nitrogens with zero attached hydrogens (tertiary/aromatic N) is 4. The molecule has 0 spiro atoms. The molecule has 9 nitrogen and oxygen atoms in total. The smallest absolute Gasteiger partial charge is 0.347 e. The number of aromatic nitrogens is 4. The van der Waals surface area contributed by atoms with Gasteiger partial charge in [-0.3, -0.25) is 4.57 Å². The van der Waals surface area contributed by atoms with Crippen LogP contribution in [0.15, 0.2) is 43.0 Å². The zero-order valence-corrected chi connectivity index (χ0v) is 16.6. The molecule has 1 atom stereocenters. The third-order valence-electron chi connectivity index (χ3n) is 3.92. The van der Waals surface area contributed by atoms with Crippen LogP contribution in [0.4, 0.5) is 0 Å². The topological polar surface area (TPSA) is 105 Å². The Hall–Kier alpha value is -3.04. The van der Waals surface area contributed by atoms with E-state index in [1.54, 1.807) is 42.7 Å². The van der Waals surface area contributed by atoms with Gasteiger partial charge in [0.05, 0.1) is 19.5 Å². The van der Waals surface area contributed by atoms with Gasteiger partial charge in [0.2, 0.25) is 0 Å². The van der Waals surface area contributed by atoms with Gasteiger partial charge in [0.15, 0.2) is 17.0 Å². The lowest BCUT2D eigenvalue weighted by atomic mass is 10.2. The highest BCUT2D eigenvalue weighted by Gasteiger charge is 2.35. The Morgan fingerprint density at radius 1 is 1.03 bits per heavy atom. The fourth-order valence-corrected chi connectivity index (χ4v) is 2.87. The van der Waals surface area contributed by atoms with Gasteiger partial charge in [-0.25, -0.2) is 24.5 Å². The van der Waals surface area contributed by atoms with E-state index in [9.17, 15) is 9.59 Å². The average Bonchev–Trinajstić information content (AvgIpc) is 3.15. The second-order valence-corrected chi connectivity index (χ2v) is 6.13. The lowest BCUT2D eigenvalue weighted by molar-refractivity contribution is -0.178. The molecule has 2 heterocycles. The largest absolute Gasteiger partial charge is 0.464 e. The van der Waals surface area contributed by atoms with E-state index >= 15 is 0 Å². The van der Waals surface area contributed by atoms with Crippen molar-refractivity contribution in [1.29, 1.82) is 0 Å². The van der Waals surface area contributed by atoms with Crippen LogP contribution in [0.5, 0.6) is 0 Å². The van der Waals surface area contributed by atoms with Crippen molar-refractivity contribution in [2.45, 2.75) is 26.2 Å². The monoisotopic (exact) mass is 418 g/mol. The summed E-state index contributed by atoms with van der Waals surface area (Å²) in [5.41, 5.74) is 1.40. The zero-order chi connectivity index (χ0) is 20.8. The highest BCUT2D eigenvalue weighted by atomic mass is 35.5. The number of esters is 2. The Kier molecular flexibility index (Phi) is 6.73. The van der Waals surface area contributed by atoms with Crippen LogP contribution in [0.25, 0.3) is 11.2 Å². The maximum Gasteiger partial charge on any atom is 0.347 e. The van der Waals surface area contributed by atoms with Crippen molar-refractivity contribution in [3.05, 3.63) is 53.7 Å². The van der Waals surface area contributed by atoms with Gasteiger partial charge in [-0.2, -0.15) is 0 Å². The first-order valence-corrected chi connectivity index (χ1v) is 9.31. The lowest BCUT2D eigenvalue weighted by Crippen LogP contribution is -2.38. The van der Waals surface area contributed by atoms with Crippen LogP contribution >= 0.6 is 11.6 Å². The summed E-state index contributed by atoms with van der Waals surface area (Å²) >= 11 is 6.09. The second-order valence-electron chi connectivity index (χ2n) is 5.77. The van der Waals surface area contributed by atoms with Gasteiger partial charge in [0.25, 0.3) is 6.10 Å². The summed E-state index contributed by atoms with van der Waals surface area (Å²) < 4.78 is 17.5. The van der Waals surface area contributed by atoms with Gasteiger partial charge in [-0.15, -0.1) is 0 Å². The summed E-state index contributed by atoms with van der Waals surface area (Å²) in [6.07, 6.45) is 0.232. The van der Waals surface area contributed by atoms with Crippen LogP contribution in [0.2, 0.25) is 5.15 Å². The number of hydrogen-bond donors (Lipinski definition) is 0. The van der Waals surface area contributed by atoms with Crippen molar-refractivity contribution in [2.24, 2.45) is 0 Å². The molecule has 0 saturated heterocycles. The lowest BCUT2D eigenvalue weighted by Gasteiger charge is -2.24. The van der Waals surface area contributed by atoms with Crippen LogP contribution in [-0.4, -0.2) is 50.8 Å². The summed E-state index contributed by atoms with van der Waals surface area (Å²) in [6, 6.07) is 9.01. The molecular weight excluding hydrogens is 400 g/mol. The second kappa shape index (κ2) is 9.44. The Bertz CT molecular complexity index is 977. The summed E-state index contributed by atoms with van der Waals surface area (Å²) in [5.74, 6) is -1.69. The molecule has 2 aromatic heterocycles. The quantitative estimate of drug-likeness (QED) is 0.312. The van der Waals surface area contributed by atoms with Crippen molar-refractivity contribution in [2.75, 3.05) is 13.2 Å². The molecule has 0 unspecified atom stereocenters. The number of rotatable bonds is 8. The van der Waals surface area contributed by atoms with Crippen molar-refractivity contribution >= 4 is 34.7 Å². The van der Waals surface area contributed by atoms with Gasteiger partial charge in [0, 0.05) is 5.56 Å². The molecule has 1 aromatic carbocycles. The van der Waals surface area contributed by atoms with Crippen LogP contribution in [0.3, 0.4) is 0 Å². The van der Waals surface area contributed by atoms with E-state index in [1.807, 2.05) is 6.07 Å². The Morgan fingerprint density at radius 3 is 2.31 bits per heavy atom. The molecule has 0 fully saturated rings. The van der Waals surface area contributed by atoms with Crippen LogP contribution in [0.1, 0.15) is 25.6 Å². The molecule has 10 heteroatoms. The molecular formula is C19H19ClN4O5. The van der Waals surface area contributed by atoms with Crippen LogP contribution in [0, 0.1) is 0 Å². The fourth-order valence-electron chi connectivity index (χ4n) is 2.69. The molecule has 3 aromatic rings. The van der Waals surface area contributed by atoms with E-state index < -0.39 is 24.3 Å². The Labute approximate surface area is 171 Å². The molecule has 0 aliphatic heterocycles. The number of ether oxygens (including phenoxy) is 3. The predicted molar refractivity (Wildman–Crippen MR) is 103 cm³/mol. The molecule has 29 heavy (non-hydrogen) atoms. The van der Waals surface area contributed by atoms with E-state index in [1.165, 1.54) is 12.7 Å². The van der Waals surface area contributed by atoms with Gasteiger partial charge < -0.3 is 14.2 Å². The van der Waals surface area contributed by atoms with Gasteiger partial charge in [-0.1, -0.05) is 41.9 Å². The van der Waals surface area contributed by atoms with E-state index in [-0.39, 0.29) is 18.4 Å². The normalized spacial score (nSPS) is 12.1. The molecule has 3 rings (SSSR count). The fraction of sp³-hybridized carbons (Fsp3) is 0.316. The number of halogens is 1. The third kappa shape index (κ3) is 4.52. The number of carbonyl (C=O) groups is 2. The van der Waals surface area contributed by atoms with Gasteiger partial charge >= 0.3 is 11.9 Å². The average molecular weight is 419 g/mol. The summed E-state index contributed by atoms with van der Waals surface area (Å²) in [4.78, 5) is 37.1. The molecule has 0 bridgehead atoms. The summed E-state index contributed by atoms with van der Waals surface area (Å²) in [6.45, 7) is 3.45. The van der Waals surface area contributed by atoms with Crippen molar-refractivity contribution in [3.63, 3.8) is 0 Å². The standard InChI is InChI=1S/C19H19ClN4O5/c1-3-27-18(25)14(19(26)28-4-2)29-17(12-8-6-5-7-9-12)24-11-23-13-15(20)21-10-22-16(13)24/h5-11,14,17H,3-4H2,1-2H3/t17-/m1/s1. The highest BCUT2D eigenvalue weighted by molar-refractivity contribution is 6.33. The van der Waals surface area contributed by atoms with Crippen molar-refractivity contribution < 1.29 is 23.8 Å². The van der Waals surface area contributed by atoms with E-state index in [2.05, 4.69) is 15.0 Å². The first kappa shape index (κ1) is 20.7. The van der Waals surface area contributed by atoms with Gasteiger partial charge in [-0.05, 0) is 13.8 Å². The minimum Gasteiger partial charge on any atom is -0.464 e. The molecule has 0 amide bonds. The molecule has 152 valence electrons. The Balaban J connectivity index is 2.06. The number of benzene rings is 1. The van der Waals surface area contributed by atoms with Gasteiger partial charge in [0.1, 0.15) is 11.8 Å². The summed E-state index contributed by atoms with van der Waals surface area (Å²) in [5, 5.41) is 0.174. The number of fused-ring (bicyclic) bond motifs is 1. The van der Waals surface area contributed by atoms with E-state index in [0.29, 0.717) is 16.7 Å². The maximum absolute atomic E-state index is 12.4. The summed E-state index contributed by atoms with van der Waals surface area (Å²) in [7, 11) is 0. The van der Waals surface area contributed by atoms with Crippen LogP contribution in [-0.2, 0) is 23.8 Å². The minimum absolute atomic E-state index is 0.0882. The number of carbonyl (C=O) groups excluding carboxylic acids is 2. The van der Waals surface area contributed by atoms with Crippen molar-refractivity contribution in [3.8, 4) is 0 Å². The van der Waals surface area contributed by atoms with Crippen LogP contribution < -0.4 is 0 Å². The SMILES string of the molecule is CCOC(=O)C(O[C@H](c1ccccc1)n1cnc2c(Cl)ncnc21)C(=O)OCC. The first-order chi connectivity index (χ1) is 14.1. The molecule has 0 aliphatic rings. The molecule has 0 N–H and O–H groups in total. The molecule has 0 saturated carbocycles. The minimum atomic E-state index is -1.59. The highest BCUT2D eigenvalue weighted by Crippen LogP contribution is 2.27. The predicted octanol–water partition coefficient (Wildman–Crippen LogP) is 2.54. The Morgan fingerprint density at radius 2 is 1.69 bits per heavy atom. The van der Waals surface area contributed by atoms with E-state index in [0.717, 1.165) is 0 Å². The maximum atomic E-state index is 12.4. The van der Waals surface area contributed by atoms with Crippen molar-refractivity contribution in [1.82, 2.24) is 19.5 Å². The third-order valence-corrected chi connectivity index (χ3v) is 4.19. The zero-order valence-electron chi connectivity index (χ0n) is 15.8. The molecule has 0 radical (unpaired) electrons. The van der Waals surface area contributed by atoms with E-state index in [4.69, 9.17) is 25.8 Å². The number of imidazole rings is 1. The number of hydrogen-bond acceptors (Lipinski definition) is 8. The first-order valence-electron chi connectivity index (χ1n) is 8.93.